The third-order valence-corrected chi connectivity index (χ3v) is 12.3. The Morgan fingerprint density at radius 2 is 1.66 bits per heavy atom. The molecular formula is C28H45N3O6Si. The van der Waals surface area contributed by atoms with Gasteiger partial charge in [0, 0.05) is 25.2 Å². The van der Waals surface area contributed by atoms with Crippen LogP contribution in [0, 0.1) is 0 Å². The lowest BCUT2D eigenvalue weighted by molar-refractivity contribution is -0.140. The summed E-state index contributed by atoms with van der Waals surface area (Å²) in [6.45, 7) is 18.2. The summed E-state index contributed by atoms with van der Waals surface area (Å²) in [6.07, 6.45) is 0.514. The zero-order chi connectivity index (χ0) is 28.5. The van der Waals surface area contributed by atoms with Gasteiger partial charge in [-0.1, -0.05) is 32.9 Å². The van der Waals surface area contributed by atoms with Gasteiger partial charge in [0.25, 0.3) is 0 Å². The molecule has 9 nitrogen and oxygen atoms in total. The molecule has 0 saturated carbocycles. The first kappa shape index (κ1) is 30.0. The summed E-state index contributed by atoms with van der Waals surface area (Å²) in [4.78, 5) is 43.6. The number of amides is 3. The number of urea groups is 1. The highest BCUT2D eigenvalue weighted by atomic mass is 28.4. The lowest BCUT2D eigenvalue weighted by Gasteiger charge is -2.45. The van der Waals surface area contributed by atoms with E-state index in [1.807, 2.05) is 49.9 Å². The number of rotatable bonds is 7. The number of anilines is 1. The molecule has 38 heavy (non-hydrogen) atoms. The van der Waals surface area contributed by atoms with Crippen molar-refractivity contribution in [1.82, 2.24) is 9.80 Å². The first-order chi connectivity index (χ1) is 17.5. The Bertz CT molecular complexity index is 1010. The molecule has 2 aliphatic rings. The molecule has 2 heterocycles. The number of piperazine rings is 1. The zero-order valence-electron chi connectivity index (χ0n) is 24.5. The lowest BCUT2D eigenvalue weighted by Crippen LogP contribution is -2.63. The number of carbonyl (C=O) groups is 3. The predicted molar refractivity (Wildman–Crippen MR) is 150 cm³/mol. The Hall–Kier alpha value is -2.59. The second kappa shape index (κ2) is 11.3. The minimum atomic E-state index is -2.10. The van der Waals surface area contributed by atoms with E-state index in [1.165, 1.54) is 7.11 Å². The first-order valence-corrected chi connectivity index (χ1v) is 16.3. The molecule has 1 aromatic carbocycles. The summed E-state index contributed by atoms with van der Waals surface area (Å²) in [7, 11) is -0.713. The summed E-state index contributed by atoms with van der Waals surface area (Å²) in [5.41, 5.74) is 1.17. The summed E-state index contributed by atoms with van der Waals surface area (Å²) in [5, 5.41) is 0.0191. The number of fused-ring (bicyclic) bond motifs is 1. The third kappa shape index (κ3) is 6.88. The Labute approximate surface area is 228 Å². The van der Waals surface area contributed by atoms with Crippen LogP contribution in [0.25, 0.3) is 0 Å². The van der Waals surface area contributed by atoms with Crippen LogP contribution < -0.4 is 4.90 Å². The van der Waals surface area contributed by atoms with Gasteiger partial charge in [-0.05, 0) is 63.0 Å². The van der Waals surface area contributed by atoms with E-state index in [2.05, 4.69) is 33.9 Å². The molecule has 0 radical (unpaired) electrons. The van der Waals surface area contributed by atoms with Crippen molar-refractivity contribution in [2.24, 2.45) is 0 Å². The third-order valence-electron chi connectivity index (χ3n) is 7.82. The van der Waals surface area contributed by atoms with Gasteiger partial charge in [-0.15, -0.1) is 0 Å². The molecule has 0 bridgehead atoms. The van der Waals surface area contributed by atoms with Gasteiger partial charge < -0.3 is 18.8 Å². The minimum Gasteiger partial charge on any atom is -0.469 e. The van der Waals surface area contributed by atoms with Gasteiger partial charge >= 0.3 is 18.1 Å². The molecule has 0 aliphatic carbocycles. The number of ether oxygens (including phenoxy) is 2. The maximum Gasteiger partial charge on any atom is 0.410 e. The standard InChI is InChI=1S/C28H45N3O6Si/c1-27(2,3)37-26(34)30-17-16-29-22(23(30)19-36-38(8,9)28(4,5)6)18-31(25(29)33)21-13-10-20(11-14-21)12-15-24(32)35-7/h10-11,13-14,22-23H,12,15-19H2,1-9H3/t22-,23-/m1/s1. The van der Waals surface area contributed by atoms with Crippen molar-refractivity contribution >= 4 is 32.1 Å². The van der Waals surface area contributed by atoms with E-state index in [1.54, 1.807) is 9.80 Å². The van der Waals surface area contributed by atoms with Crippen LogP contribution in [0.15, 0.2) is 24.3 Å². The number of methoxy groups -OCH3 is 1. The number of esters is 1. The average molecular weight is 548 g/mol. The summed E-state index contributed by atoms with van der Waals surface area (Å²) in [6, 6.07) is 7.10. The van der Waals surface area contributed by atoms with Crippen LogP contribution in [0.2, 0.25) is 18.1 Å². The van der Waals surface area contributed by atoms with Gasteiger partial charge in [0.15, 0.2) is 8.32 Å². The average Bonchev–Trinajstić information content (AvgIpc) is 3.16. The second-order valence-electron chi connectivity index (χ2n) is 12.7. The maximum absolute atomic E-state index is 13.5. The van der Waals surface area contributed by atoms with Crippen LogP contribution in [0.5, 0.6) is 0 Å². The fourth-order valence-corrected chi connectivity index (χ4v) is 5.53. The van der Waals surface area contributed by atoms with Crippen molar-refractivity contribution < 1.29 is 28.3 Å². The molecule has 3 rings (SSSR count). The molecule has 2 atom stereocenters. The second-order valence-corrected chi connectivity index (χ2v) is 17.5. The van der Waals surface area contributed by atoms with Crippen molar-refractivity contribution in [3.05, 3.63) is 29.8 Å². The van der Waals surface area contributed by atoms with Crippen molar-refractivity contribution in [3.8, 4) is 0 Å². The van der Waals surface area contributed by atoms with Gasteiger partial charge in [-0.3, -0.25) is 14.6 Å². The number of benzene rings is 1. The van der Waals surface area contributed by atoms with E-state index in [9.17, 15) is 14.4 Å². The van der Waals surface area contributed by atoms with E-state index in [0.29, 0.717) is 39.1 Å². The molecule has 0 N–H and O–H groups in total. The van der Waals surface area contributed by atoms with Crippen LogP contribution >= 0.6 is 0 Å². The van der Waals surface area contributed by atoms with E-state index < -0.39 is 13.9 Å². The molecule has 2 aliphatic heterocycles. The molecule has 3 amide bonds. The van der Waals surface area contributed by atoms with Crippen LogP contribution in [-0.2, 0) is 25.1 Å². The van der Waals surface area contributed by atoms with Gasteiger partial charge in [0.05, 0.1) is 32.3 Å². The van der Waals surface area contributed by atoms with Crippen LogP contribution in [-0.4, -0.2) is 87.2 Å². The van der Waals surface area contributed by atoms with Crippen molar-refractivity contribution in [1.29, 1.82) is 0 Å². The van der Waals surface area contributed by atoms with E-state index in [-0.39, 0.29) is 35.2 Å². The van der Waals surface area contributed by atoms with Gasteiger partial charge in [-0.2, -0.15) is 0 Å². The normalized spacial score (nSPS) is 20.4. The molecule has 212 valence electrons. The summed E-state index contributed by atoms with van der Waals surface area (Å²) >= 11 is 0. The number of nitrogens with zero attached hydrogens (tertiary/aromatic N) is 3. The highest BCUT2D eigenvalue weighted by molar-refractivity contribution is 6.74. The topological polar surface area (TPSA) is 88.6 Å². The number of carbonyl (C=O) groups excluding carboxylic acids is 3. The molecular weight excluding hydrogens is 502 g/mol. The van der Waals surface area contributed by atoms with E-state index in [4.69, 9.17) is 13.9 Å². The largest absolute Gasteiger partial charge is 0.469 e. The van der Waals surface area contributed by atoms with Crippen LogP contribution in [0.1, 0.15) is 53.5 Å². The molecule has 2 saturated heterocycles. The fourth-order valence-electron chi connectivity index (χ4n) is 4.51. The van der Waals surface area contributed by atoms with Crippen molar-refractivity contribution in [3.63, 3.8) is 0 Å². The molecule has 0 unspecified atom stereocenters. The Morgan fingerprint density at radius 3 is 2.21 bits per heavy atom. The molecule has 0 spiro atoms. The van der Waals surface area contributed by atoms with E-state index in [0.717, 1.165) is 11.3 Å². The first-order valence-electron chi connectivity index (χ1n) is 13.4. The SMILES string of the molecule is COC(=O)CCc1ccc(N2C[C@@H]3[C@@H](CO[Si](C)(C)C(C)(C)C)N(C(=O)OC(C)(C)C)CCN3C2=O)cc1. The molecule has 1 aromatic rings. The highest BCUT2D eigenvalue weighted by Gasteiger charge is 2.50. The Balaban J connectivity index is 1.82. The van der Waals surface area contributed by atoms with Crippen LogP contribution in [0.4, 0.5) is 15.3 Å². The monoisotopic (exact) mass is 547 g/mol. The van der Waals surface area contributed by atoms with Crippen LogP contribution in [0.3, 0.4) is 0 Å². The Kier molecular flexibility index (Phi) is 8.87. The lowest BCUT2D eigenvalue weighted by atomic mass is 10.0. The quantitative estimate of drug-likeness (QED) is 0.351. The minimum absolute atomic E-state index is 0.0191. The molecule has 0 aromatic heterocycles. The number of hydrogen-bond acceptors (Lipinski definition) is 6. The highest BCUT2D eigenvalue weighted by Crippen LogP contribution is 2.38. The van der Waals surface area contributed by atoms with Crippen molar-refractivity contribution in [2.75, 3.05) is 38.3 Å². The maximum atomic E-state index is 13.5. The van der Waals surface area contributed by atoms with Gasteiger partial charge in [0.2, 0.25) is 0 Å². The molecule has 2 fully saturated rings. The van der Waals surface area contributed by atoms with Gasteiger partial charge in [0.1, 0.15) is 5.60 Å². The summed E-state index contributed by atoms with van der Waals surface area (Å²) < 4.78 is 17.1. The zero-order valence-corrected chi connectivity index (χ0v) is 25.5. The smallest absolute Gasteiger partial charge is 0.410 e. The fraction of sp³-hybridized carbons (Fsp3) is 0.679. The molecule has 10 heteroatoms. The number of hydrogen-bond donors (Lipinski definition) is 0. The van der Waals surface area contributed by atoms with Gasteiger partial charge in [-0.25, -0.2) is 9.59 Å². The Morgan fingerprint density at radius 1 is 1.03 bits per heavy atom. The van der Waals surface area contributed by atoms with E-state index >= 15 is 0 Å². The van der Waals surface area contributed by atoms with Crippen molar-refractivity contribution in [2.45, 2.75) is 90.2 Å². The number of aryl methyl sites for hydroxylation is 1. The predicted octanol–water partition coefficient (Wildman–Crippen LogP) is 5.04. The summed E-state index contributed by atoms with van der Waals surface area (Å²) in [5.74, 6) is -0.249.